The Bertz CT molecular complexity index is 445. The lowest BCUT2D eigenvalue weighted by Crippen LogP contribution is -2.45. The van der Waals surface area contributed by atoms with E-state index in [1.54, 1.807) is 20.4 Å². The van der Waals surface area contributed by atoms with Gasteiger partial charge in [-0.2, -0.15) is 0 Å². The SMILES string of the molecule is COc1cc(N2CCC(N(C)C(=O)O)CC2)ccn1. The van der Waals surface area contributed by atoms with E-state index in [0.29, 0.717) is 5.88 Å². The standard InChI is InChI=1S/C13H19N3O3/c1-15(13(17)18)10-4-7-16(8-5-10)11-3-6-14-12(9-11)19-2/h3,6,9-10H,4-5,7-8H2,1-2H3,(H,17,18). The van der Waals surface area contributed by atoms with E-state index in [1.807, 2.05) is 12.1 Å². The van der Waals surface area contributed by atoms with E-state index in [9.17, 15) is 4.79 Å². The maximum absolute atomic E-state index is 10.9. The molecule has 1 N–H and O–H groups in total. The smallest absolute Gasteiger partial charge is 0.407 e. The Balaban J connectivity index is 1.97. The summed E-state index contributed by atoms with van der Waals surface area (Å²) in [6.45, 7) is 1.69. The van der Waals surface area contributed by atoms with Crippen molar-refractivity contribution in [3.05, 3.63) is 18.3 Å². The fourth-order valence-electron chi connectivity index (χ4n) is 2.37. The minimum atomic E-state index is -0.857. The zero-order valence-corrected chi connectivity index (χ0v) is 11.2. The Kier molecular flexibility index (Phi) is 4.09. The van der Waals surface area contributed by atoms with Crippen molar-refractivity contribution in [1.82, 2.24) is 9.88 Å². The zero-order valence-electron chi connectivity index (χ0n) is 11.2. The van der Waals surface area contributed by atoms with Crippen molar-refractivity contribution in [3.8, 4) is 5.88 Å². The molecule has 0 aromatic carbocycles. The highest BCUT2D eigenvalue weighted by Gasteiger charge is 2.25. The van der Waals surface area contributed by atoms with Gasteiger partial charge in [0.1, 0.15) is 0 Å². The first-order valence-corrected chi connectivity index (χ1v) is 6.32. The number of piperidine rings is 1. The summed E-state index contributed by atoms with van der Waals surface area (Å²) in [5.74, 6) is 0.599. The molecular formula is C13H19N3O3. The Labute approximate surface area is 112 Å². The molecule has 6 nitrogen and oxygen atoms in total. The molecule has 19 heavy (non-hydrogen) atoms. The van der Waals surface area contributed by atoms with Gasteiger partial charge in [-0.1, -0.05) is 0 Å². The van der Waals surface area contributed by atoms with Crippen LogP contribution in [0.15, 0.2) is 18.3 Å². The molecule has 2 heterocycles. The maximum atomic E-state index is 10.9. The summed E-state index contributed by atoms with van der Waals surface area (Å²) in [5.41, 5.74) is 1.07. The lowest BCUT2D eigenvalue weighted by atomic mass is 10.0. The van der Waals surface area contributed by atoms with Crippen LogP contribution in [-0.2, 0) is 0 Å². The summed E-state index contributed by atoms with van der Waals surface area (Å²) in [6.07, 6.45) is 2.55. The Morgan fingerprint density at radius 3 is 2.79 bits per heavy atom. The van der Waals surface area contributed by atoms with Crippen LogP contribution < -0.4 is 9.64 Å². The fourth-order valence-corrected chi connectivity index (χ4v) is 2.37. The van der Waals surface area contributed by atoms with Crippen LogP contribution in [0.3, 0.4) is 0 Å². The minimum Gasteiger partial charge on any atom is -0.481 e. The average molecular weight is 265 g/mol. The molecule has 0 bridgehead atoms. The second-order valence-electron chi connectivity index (χ2n) is 4.67. The monoisotopic (exact) mass is 265 g/mol. The van der Waals surface area contributed by atoms with Crippen molar-refractivity contribution >= 4 is 11.8 Å². The van der Waals surface area contributed by atoms with Crippen molar-refractivity contribution in [3.63, 3.8) is 0 Å². The molecule has 1 amide bonds. The Morgan fingerprint density at radius 2 is 2.21 bits per heavy atom. The molecule has 0 atom stereocenters. The predicted molar refractivity (Wildman–Crippen MR) is 71.8 cm³/mol. The lowest BCUT2D eigenvalue weighted by molar-refractivity contribution is 0.131. The molecule has 1 aromatic heterocycles. The Morgan fingerprint density at radius 1 is 1.53 bits per heavy atom. The summed E-state index contributed by atoms with van der Waals surface area (Å²) in [7, 11) is 3.23. The highest BCUT2D eigenvalue weighted by Crippen LogP contribution is 2.24. The van der Waals surface area contributed by atoms with Crippen LogP contribution in [0.1, 0.15) is 12.8 Å². The van der Waals surface area contributed by atoms with Crippen LogP contribution in [0.4, 0.5) is 10.5 Å². The van der Waals surface area contributed by atoms with Gasteiger partial charge in [-0.3, -0.25) is 0 Å². The summed E-state index contributed by atoms with van der Waals surface area (Å²) >= 11 is 0. The number of hydrogen-bond donors (Lipinski definition) is 1. The average Bonchev–Trinajstić information content (AvgIpc) is 2.46. The van der Waals surface area contributed by atoms with E-state index < -0.39 is 6.09 Å². The number of amides is 1. The summed E-state index contributed by atoms with van der Waals surface area (Å²) in [4.78, 5) is 18.6. The molecule has 1 aromatic rings. The minimum absolute atomic E-state index is 0.109. The maximum Gasteiger partial charge on any atom is 0.407 e. The van der Waals surface area contributed by atoms with Crippen LogP contribution in [-0.4, -0.2) is 54.4 Å². The first-order chi connectivity index (χ1) is 9.11. The Hall–Kier alpha value is -1.98. The number of rotatable bonds is 3. The summed E-state index contributed by atoms with van der Waals surface area (Å²) in [5, 5.41) is 8.97. The van der Waals surface area contributed by atoms with Gasteiger partial charge in [-0.05, 0) is 18.9 Å². The number of carboxylic acid groups (broad SMARTS) is 1. The summed E-state index contributed by atoms with van der Waals surface area (Å²) in [6, 6.07) is 3.96. The first kappa shape index (κ1) is 13.5. The highest BCUT2D eigenvalue weighted by molar-refractivity contribution is 5.65. The van der Waals surface area contributed by atoms with Gasteiger partial charge in [0.15, 0.2) is 0 Å². The number of carbonyl (C=O) groups is 1. The van der Waals surface area contributed by atoms with Crippen LogP contribution in [0.2, 0.25) is 0 Å². The fraction of sp³-hybridized carbons (Fsp3) is 0.538. The first-order valence-electron chi connectivity index (χ1n) is 6.32. The van der Waals surface area contributed by atoms with Gasteiger partial charge >= 0.3 is 6.09 Å². The number of anilines is 1. The molecule has 0 unspecified atom stereocenters. The van der Waals surface area contributed by atoms with E-state index in [1.165, 1.54) is 4.90 Å². The molecular weight excluding hydrogens is 246 g/mol. The second kappa shape index (κ2) is 5.77. The molecule has 1 saturated heterocycles. The van der Waals surface area contributed by atoms with Gasteiger partial charge in [0.05, 0.1) is 7.11 Å². The van der Waals surface area contributed by atoms with Crippen LogP contribution in [0.25, 0.3) is 0 Å². The highest BCUT2D eigenvalue weighted by atomic mass is 16.5. The number of nitrogens with zero attached hydrogens (tertiary/aromatic N) is 3. The molecule has 2 rings (SSSR count). The molecule has 0 radical (unpaired) electrons. The number of methoxy groups -OCH3 is 1. The number of ether oxygens (including phenoxy) is 1. The molecule has 6 heteroatoms. The molecule has 1 aliphatic rings. The van der Waals surface area contributed by atoms with Crippen molar-refractivity contribution < 1.29 is 14.6 Å². The van der Waals surface area contributed by atoms with E-state index in [-0.39, 0.29) is 6.04 Å². The van der Waals surface area contributed by atoms with Crippen molar-refractivity contribution in [2.45, 2.75) is 18.9 Å². The molecule has 1 aliphatic heterocycles. The van der Waals surface area contributed by atoms with E-state index in [2.05, 4.69) is 9.88 Å². The molecule has 0 saturated carbocycles. The largest absolute Gasteiger partial charge is 0.481 e. The van der Waals surface area contributed by atoms with Gasteiger partial charge in [0.25, 0.3) is 0 Å². The van der Waals surface area contributed by atoms with Crippen LogP contribution >= 0.6 is 0 Å². The van der Waals surface area contributed by atoms with Crippen LogP contribution in [0.5, 0.6) is 5.88 Å². The molecule has 0 aliphatic carbocycles. The summed E-state index contributed by atoms with van der Waals surface area (Å²) < 4.78 is 5.11. The molecule has 0 spiro atoms. The number of aromatic nitrogens is 1. The number of hydrogen-bond acceptors (Lipinski definition) is 4. The lowest BCUT2D eigenvalue weighted by Gasteiger charge is -2.36. The van der Waals surface area contributed by atoms with Gasteiger partial charge in [0, 0.05) is 44.1 Å². The van der Waals surface area contributed by atoms with Gasteiger partial charge < -0.3 is 19.6 Å². The van der Waals surface area contributed by atoms with Crippen molar-refractivity contribution in [1.29, 1.82) is 0 Å². The van der Waals surface area contributed by atoms with Crippen LogP contribution in [0, 0.1) is 0 Å². The third-order valence-electron chi connectivity index (χ3n) is 3.61. The van der Waals surface area contributed by atoms with Gasteiger partial charge in [0.2, 0.25) is 5.88 Å². The van der Waals surface area contributed by atoms with Gasteiger partial charge in [-0.15, -0.1) is 0 Å². The third-order valence-corrected chi connectivity index (χ3v) is 3.61. The van der Waals surface area contributed by atoms with E-state index >= 15 is 0 Å². The zero-order chi connectivity index (χ0) is 13.8. The van der Waals surface area contributed by atoms with E-state index in [4.69, 9.17) is 9.84 Å². The van der Waals surface area contributed by atoms with Gasteiger partial charge in [-0.25, -0.2) is 9.78 Å². The third kappa shape index (κ3) is 3.07. The topological polar surface area (TPSA) is 65.9 Å². The number of pyridine rings is 1. The molecule has 104 valence electrons. The van der Waals surface area contributed by atoms with Crippen molar-refractivity contribution in [2.75, 3.05) is 32.1 Å². The second-order valence-corrected chi connectivity index (χ2v) is 4.67. The predicted octanol–water partition coefficient (Wildman–Crippen LogP) is 1.67. The normalized spacial score (nSPS) is 16.2. The quantitative estimate of drug-likeness (QED) is 0.900. The van der Waals surface area contributed by atoms with Crippen molar-refractivity contribution in [2.24, 2.45) is 0 Å². The van der Waals surface area contributed by atoms with E-state index in [0.717, 1.165) is 31.6 Å². The molecule has 1 fully saturated rings.